The van der Waals surface area contributed by atoms with Gasteiger partial charge in [-0.1, -0.05) is 0 Å². The summed E-state index contributed by atoms with van der Waals surface area (Å²) in [5.41, 5.74) is 0. The average Bonchev–Trinajstić information content (AvgIpc) is 2.03. The molecule has 0 atom stereocenters. The van der Waals surface area contributed by atoms with Crippen LogP contribution in [0.15, 0.2) is 6.33 Å². The maximum atomic E-state index is 10.7. The number of rotatable bonds is 2. The Morgan fingerprint density at radius 3 is 2.69 bits per heavy atom. The van der Waals surface area contributed by atoms with E-state index >= 15 is 0 Å². The molecule has 1 heterocycles. The summed E-state index contributed by atoms with van der Waals surface area (Å²) in [6.07, 6.45) is 1.35. The third-order valence-corrected chi connectivity index (χ3v) is 1.25. The van der Waals surface area contributed by atoms with Crippen LogP contribution in [-0.2, 0) is 4.79 Å². The number of anilines is 2. The molecule has 0 aliphatic heterocycles. The zero-order valence-corrected chi connectivity index (χ0v) is 7.77. The Balaban J connectivity index is 2.85. The first kappa shape index (κ1) is 9.37. The van der Waals surface area contributed by atoms with Crippen LogP contribution in [0.2, 0.25) is 0 Å². The number of nitrogens with one attached hydrogen (secondary N) is 1. The van der Waals surface area contributed by atoms with E-state index in [9.17, 15) is 4.79 Å². The second kappa shape index (κ2) is 3.79. The molecule has 0 saturated carbocycles. The smallest absolute Gasteiger partial charge is 0.234 e. The highest BCUT2D eigenvalue weighted by Gasteiger charge is 2.02. The van der Waals surface area contributed by atoms with Gasteiger partial charge in [0.05, 0.1) is 0 Å². The second-order valence-corrected chi connectivity index (χ2v) is 2.68. The lowest BCUT2D eigenvalue weighted by molar-refractivity contribution is -0.114. The molecule has 6 heteroatoms. The van der Waals surface area contributed by atoms with Crippen molar-refractivity contribution in [1.82, 2.24) is 15.0 Å². The van der Waals surface area contributed by atoms with Crippen molar-refractivity contribution in [3.05, 3.63) is 6.33 Å². The number of hydrogen-bond donors (Lipinski definition) is 1. The predicted octanol–water partition coefficient (Wildman–Crippen LogP) is -0.104. The first-order valence-corrected chi connectivity index (χ1v) is 3.73. The quantitative estimate of drug-likeness (QED) is 0.689. The normalized spacial score (nSPS) is 9.46. The van der Waals surface area contributed by atoms with Crippen LogP contribution < -0.4 is 10.2 Å². The summed E-state index contributed by atoms with van der Waals surface area (Å²) in [5.74, 6) is 0.584. The van der Waals surface area contributed by atoms with Crippen LogP contribution in [-0.4, -0.2) is 35.0 Å². The topological polar surface area (TPSA) is 71.0 Å². The Bertz CT molecular complexity index is 312. The molecule has 1 aromatic rings. The minimum Gasteiger partial charge on any atom is -0.347 e. The highest BCUT2D eigenvalue weighted by molar-refractivity contribution is 5.86. The van der Waals surface area contributed by atoms with E-state index < -0.39 is 0 Å². The lowest BCUT2D eigenvalue weighted by atomic mass is 10.7. The fourth-order valence-electron chi connectivity index (χ4n) is 0.721. The molecule has 0 spiro atoms. The lowest BCUT2D eigenvalue weighted by Crippen LogP contribution is -2.16. The van der Waals surface area contributed by atoms with Crippen LogP contribution in [0.25, 0.3) is 0 Å². The van der Waals surface area contributed by atoms with Crippen molar-refractivity contribution in [3.63, 3.8) is 0 Å². The third-order valence-electron chi connectivity index (χ3n) is 1.25. The highest BCUT2D eigenvalue weighted by atomic mass is 16.1. The maximum absolute atomic E-state index is 10.7. The van der Waals surface area contributed by atoms with Gasteiger partial charge in [0.2, 0.25) is 17.8 Å². The zero-order valence-electron chi connectivity index (χ0n) is 7.77. The van der Waals surface area contributed by atoms with Crippen molar-refractivity contribution in [2.75, 3.05) is 24.3 Å². The monoisotopic (exact) mass is 181 g/mol. The van der Waals surface area contributed by atoms with Gasteiger partial charge >= 0.3 is 0 Å². The van der Waals surface area contributed by atoms with Crippen LogP contribution in [0.5, 0.6) is 0 Å². The average molecular weight is 181 g/mol. The number of carbonyl (C=O) groups excluding carboxylic acids is 1. The molecule has 1 aromatic heterocycles. The molecule has 1 N–H and O–H groups in total. The van der Waals surface area contributed by atoms with Gasteiger partial charge in [-0.2, -0.15) is 4.98 Å². The summed E-state index contributed by atoms with van der Waals surface area (Å²) in [5, 5.41) is 2.47. The van der Waals surface area contributed by atoms with Gasteiger partial charge < -0.3 is 4.90 Å². The molecular formula is C7H11N5O. The molecule has 0 bridgehead atoms. The molecule has 0 fully saturated rings. The Morgan fingerprint density at radius 1 is 1.46 bits per heavy atom. The van der Waals surface area contributed by atoms with Gasteiger partial charge in [0.1, 0.15) is 6.33 Å². The van der Waals surface area contributed by atoms with E-state index in [4.69, 9.17) is 0 Å². The number of nitrogens with zero attached hydrogens (tertiary/aromatic N) is 4. The summed E-state index contributed by atoms with van der Waals surface area (Å²) in [6.45, 7) is 1.40. The molecular weight excluding hydrogens is 170 g/mol. The first-order valence-electron chi connectivity index (χ1n) is 3.73. The molecule has 0 saturated heterocycles. The summed E-state index contributed by atoms with van der Waals surface area (Å²) in [7, 11) is 3.62. The minimum atomic E-state index is -0.198. The molecule has 70 valence electrons. The van der Waals surface area contributed by atoms with Gasteiger partial charge in [0.15, 0.2) is 0 Å². The van der Waals surface area contributed by atoms with E-state index in [1.165, 1.54) is 13.3 Å². The van der Waals surface area contributed by atoms with E-state index in [1.807, 2.05) is 14.1 Å². The highest BCUT2D eigenvalue weighted by Crippen LogP contribution is 2.03. The molecule has 13 heavy (non-hydrogen) atoms. The van der Waals surface area contributed by atoms with Gasteiger partial charge in [-0.25, -0.2) is 9.97 Å². The Kier molecular flexibility index (Phi) is 2.73. The van der Waals surface area contributed by atoms with Crippen molar-refractivity contribution in [2.24, 2.45) is 0 Å². The predicted molar refractivity (Wildman–Crippen MR) is 48.5 cm³/mol. The maximum Gasteiger partial charge on any atom is 0.234 e. The Hall–Kier alpha value is -1.72. The van der Waals surface area contributed by atoms with Crippen LogP contribution >= 0.6 is 0 Å². The van der Waals surface area contributed by atoms with Crippen molar-refractivity contribution >= 4 is 17.8 Å². The number of carbonyl (C=O) groups is 1. The van der Waals surface area contributed by atoms with Crippen LogP contribution in [0.3, 0.4) is 0 Å². The fourth-order valence-corrected chi connectivity index (χ4v) is 0.721. The minimum absolute atomic E-state index is 0.198. The fraction of sp³-hybridized carbons (Fsp3) is 0.429. The van der Waals surface area contributed by atoms with E-state index in [0.717, 1.165) is 0 Å². The molecule has 1 amide bonds. The zero-order chi connectivity index (χ0) is 9.84. The SMILES string of the molecule is CC(=O)Nc1ncnc(N(C)C)n1. The second-order valence-electron chi connectivity index (χ2n) is 2.68. The van der Waals surface area contributed by atoms with Gasteiger partial charge in [-0.3, -0.25) is 10.1 Å². The largest absolute Gasteiger partial charge is 0.347 e. The molecule has 6 nitrogen and oxygen atoms in total. The van der Waals surface area contributed by atoms with Gasteiger partial charge in [-0.05, 0) is 0 Å². The summed E-state index contributed by atoms with van der Waals surface area (Å²) in [6, 6.07) is 0. The molecule has 0 aliphatic rings. The molecule has 0 aromatic carbocycles. The van der Waals surface area contributed by atoms with Crippen molar-refractivity contribution in [2.45, 2.75) is 6.92 Å². The standard InChI is InChI=1S/C7H11N5O/c1-5(13)10-6-8-4-9-7(11-6)12(2)3/h4H,1-3H3,(H,8,9,10,11,13). The van der Waals surface area contributed by atoms with E-state index in [0.29, 0.717) is 5.95 Å². The van der Waals surface area contributed by atoms with Crippen LogP contribution in [0.1, 0.15) is 6.92 Å². The third kappa shape index (κ3) is 2.66. The number of amides is 1. The number of aromatic nitrogens is 3. The van der Waals surface area contributed by atoms with Gasteiger partial charge in [0, 0.05) is 21.0 Å². The first-order chi connectivity index (χ1) is 6.09. The van der Waals surface area contributed by atoms with Crippen molar-refractivity contribution in [3.8, 4) is 0 Å². The molecule has 0 aliphatic carbocycles. The van der Waals surface area contributed by atoms with E-state index in [2.05, 4.69) is 20.3 Å². The van der Waals surface area contributed by atoms with Crippen molar-refractivity contribution in [1.29, 1.82) is 0 Å². The van der Waals surface area contributed by atoms with E-state index in [1.54, 1.807) is 4.90 Å². The Morgan fingerprint density at radius 2 is 2.15 bits per heavy atom. The van der Waals surface area contributed by atoms with Gasteiger partial charge in [-0.15, -0.1) is 0 Å². The Labute approximate surface area is 76.0 Å². The molecule has 0 unspecified atom stereocenters. The van der Waals surface area contributed by atoms with E-state index in [-0.39, 0.29) is 11.9 Å². The van der Waals surface area contributed by atoms with Crippen LogP contribution in [0.4, 0.5) is 11.9 Å². The summed E-state index contributed by atoms with van der Waals surface area (Å²) < 4.78 is 0. The summed E-state index contributed by atoms with van der Waals surface area (Å²) >= 11 is 0. The van der Waals surface area contributed by atoms with Crippen molar-refractivity contribution < 1.29 is 4.79 Å². The molecule has 1 rings (SSSR count). The van der Waals surface area contributed by atoms with Crippen LogP contribution in [0, 0.1) is 0 Å². The molecule has 0 radical (unpaired) electrons. The lowest BCUT2D eigenvalue weighted by Gasteiger charge is -2.09. The van der Waals surface area contributed by atoms with Gasteiger partial charge in [0.25, 0.3) is 0 Å². The summed E-state index contributed by atoms with van der Waals surface area (Å²) in [4.78, 5) is 24.1. The number of hydrogen-bond acceptors (Lipinski definition) is 5.